The molecule has 1 fully saturated rings. The van der Waals surface area contributed by atoms with Crippen LogP contribution in [0.5, 0.6) is 0 Å². The summed E-state index contributed by atoms with van der Waals surface area (Å²) in [4.78, 5) is 0. The van der Waals surface area contributed by atoms with Crippen molar-refractivity contribution in [3.63, 3.8) is 0 Å². The van der Waals surface area contributed by atoms with Crippen molar-refractivity contribution in [2.75, 3.05) is 11.9 Å². The summed E-state index contributed by atoms with van der Waals surface area (Å²) < 4.78 is 1.12. The summed E-state index contributed by atoms with van der Waals surface area (Å²) >= 11 is 3.57. The van der Waals surface area contributed by atoms with Crippen molar-refractivity contribution >= 4 is 21.6 Å². The molecule has 0 spiro atoms. The summed E-state index contributed by atoms with van der Waals surface area (Å²) in [5.74, 6) is 1.55. The van der Waals surface area contributed by atoms with Gasteiger partial charge in [0.05, 0.1) is 0 Å². The minimum absolute atomic E-state index is 0.0686. The third-order valence-corrected chi connectivity index (χ3v) is 5.06. The maximum Gasteiger partial charge on any atom is 0.0498 e. The highest BCUT2D eigenvalue weighted by molar-refractivity contribution is 9.10. The molecule has 1 aliphatic carbocycles. The minimum Gasteiger partial charge on any atom is -0.378 e. The van der Waals surface area contributed by atoms with E-state index in [2.05, 4.69) is 60.2 Å². The number of hydrogen-bond donors (Lipinski definition) is 2. The zero-order valence-corrected chi connectivity index (χ0v) is 13.8. The summed E-state index contributed by atoms with van der Waals surface area (Å²) in [6.07, 6.45) is 3.59. The van der Waals surface area contributed by atoms with E-state index in [9.17, 15) is 0 Å². The summed E-state index contributed by atoms with van der Waals surface area (Å²) in [5.41, 5.74) is 8.61. The molecule has 0 saturated heterocycles. The second kappa shape index (κ2) is 5.84. The van der Waals surface area contributed by atoms with Gasteiger partial charge in [0, 0.05) is 22.2 Å². The minimum atomic E-state index is 0.0686. The van der Waals surface area contributed by atoms with Crippen LogP contribution in [0.1, 0.15) is 38.7 Å². The van der Waals surface area contributed by atoms with Gasteiger partial charge in [-0.2, -0.15) is 0 Å². The molecular weight excluding hydrogens is 300 g/mol. The molecular formula is C16H25BrN2. The van der Waals surface area contributed by atoms with E-state index in [1.807, 2.05) is 0 Å². The molecule has 1 saturated carbocycles. The number of hydrogen-bond acceptors (Lipinski definition) is 2. The van der Waals surface area contributed by atoms with Crippen molar-refractivity contribution in [2.24, 2.45) is 17.6 Å². The zero-order valence-electron chi connectivity index (χ0n) is 12.2. The fourth-order valence-electron chi connectivity index (χ4n) is 3.17. The maximum absolute atomic E-state index is 6.10. The van der Waals surface area contributed by atoms with E-state index in [-0.39, 0.29) is 5.54 Å². The molecule has 0 bridgehead atoms. The summed E-state index contributed by atoms with van der Waals surface area (Å²) in [7, 11) is 0. The van der Waals surface area contributed by atoms with Crippen molar-refractivity contribution in [1.82, 2.24) is 0 Å². The van der Waals surface area contributed by atoms with Gasteiger partial charge in [-0.3, -0.25) is 0 Å². The highest BCUT2D eigenvalue weighted by Gasteiger charge is 2.36. The van der Waals surface area contributed by atoms with Crippen LogP contribution in [0.15, 0.2) is 22.7 Å². The first-order valence-corrected chi connectivity index (χ1v) is 7.99. The molecule has 1 aromatic rings. The Balaban J connectivity index is 2.18. The Morgan fingerprint density at radius 3 is 2.63 bits per heavy atom. The van der Waals surface area contributed by atoms with Crippen LogP contribution in [0.4, 0.5) is 5.69 Å². The number of benzene rings is 1. The van der Waals surface area contributed by atoms with Gasteiger partial charge in [-0.25, -0.2) is 0 Å². The second-order valence-electron chi connectivity index (χ2n) is 6.32. The molecule has 19 heavy (non-hydrogen) atoms. The van der Waals surface area contributed by atoms with E-state index in [0.29, 0.717) is 6.54 Å². The molecule has 0 radical (unpaired) electrons. The lowest BCUT2D eigenvalue weighted by molar-refractivity contribution is 0.196. The van der Waals surface area contributed by atoms with Crippen molar-refractivity contribution < 1.29 is 0 Å². The smallest absolute Gasteiger partial charge is 0.0498 e. The SMILES string of the molecule is Cc1cc(Br)cc(NC2(CN)CCC(C)C(C)C2)c1. The van der Waals surface area contributed by atoms with Gasteiger partial charge in [-0.15, -0.1) is 0 Å². The van der Waals surface area contributed by atoms with Gasteiger partial charge in [0.1, 0.15) is 0 Å². The van der Waals surface area contributed by atoms with Crippen LogP contribution in [0.25, 0.3) is 0 Å². The van der Waals surface area contributed by atoms with Gasteiger partial charge in [0.15, 0.2) is 0 Å². The molecule has 1 aliphatic rings. The Hall–Kier alpha value is -0.540. The van der Waals surface area contributed by atoms with Gasteiger partial charge < -0.3 is 11.1 Å². The Morgan fingerprint density at radius 2 is 2.05 bits per heavy atom. The first-order valence-electron chi connectivity index (χ1n) is 7.19. The van der Waals surface area contributed by atoms with Crippen LogP contribution in [0.3, 0.4) is 0 Å². The van der Waals surface area contributed by atoms with Gasteiger partial charge in [0.25, 0.3) is 0 Å². The molecule has 1 aromatic carbocycles. The van der Waals surface area contributed by atoms with Crippen molar-refractivity contribution in [1.29, 1.82) is 0 Å². The number of nitrogens with two attached hydrogens (primary N) is 1. The predicted octanol–water partition coefficient (Wildman–Crippen LogP) is 4.32. The van der Waals surface area contributed by atoms with Crippen LogP contribution in [-0.4, -0.2) is 12.1 Å². The monoisotopic (exact) mass is 324 g/mol. The van der Waals surface area contributed by atoms with Crippen molar-refractivity contribution in [3.05, 3.63) is 28.2 Å². The van der Waals surface area contributed by atoms with Crippen LogP contribution < -0.4 is 11.1 Å². The highest BCUT2D eigenvalue weighted by atomic mass is 79.9. The molecule has 2 nitrogen and oxygen atoms in total. The second-order valence-corrected chi connectivity index (χ2v) is 7.24. The van der Waals surface area contributed by atoms with E-state index in [1.54, 1.807) is 0 Å². The number of aryl methyl sites for hydroxylation is 1. The van der Waals surface area contributed by atoms with Gasteiger partial charge >= 0.3 is 0 Å². The average molecular weight is 325 g/mol. The van der Waals surface area contributed by atoms with Crippen LogP contribution in [0.2, 0.25) is 0 Å². The lowest BCUT2D eigenvalue weighted by atomic mass is 9.71. The average Bonchev–Trinajstić information content (AvgIpc) is 2.33. The molecule has 0 aliphatic heterocycles. The molecule has 2 rings (SSSR count). The molecule has 3 atom stereocenters. The van der Waals surface area contributed by atoms with E-state index in [0.717, 1.165) is 22.7 Å². The largest absolute Gasteiger partial charge is 0.378 e. The fraction of sp³-hybridized carbons (Fsp3) is 0.625. The highest BCUT2D eigenvalue weighted by Crippen LogP contribution is 2.38. The van der Waals surface area contributed by atoms with E-state index in [4.69, 9.17) is 5.73 Å². The van der Waals surface area contributed by atoms with Gasteiger partial charge in [0.2, 0.25) is 0 Å². The summed E-state index contributed by atoms with van der Waals surface area (Å²) in [6.45, 7) is 7.53. The summed E-state index contributed by atoms with van der Waals surface area (Å²) in [5, 5.41) is 3.72. The van der Waals surface area contributed by atoms with Gasteiger partial charge in [-0.05, 0) is 61.8 Å². The number of anilines is 1. The number of rotatable bonds is 3. The van der Waals surface area contributed by atoms with Crippen LogP contribution in [0, 0.1) is 18.8 Å². The Labute approximate surface area is 125 Å². The molecule has 3 unspecified atom stereocenters. The Bertz CT molecular complexity index is 426. The molecule has 0 heterocycles. The maximum atomic E-state index is 6.10. The fourth-order valence-corrected chi connectivity index (χ4v) is 3.78. The lowest BCUT2D eigenvalue weighted by Gasteiger charge is -2.43. The van der Waals surface area contributed by atoms with Crippen molar-refractivity contribution in [3.8, 4) is 0 Å². The first kappa shape index (κ1) is 14.9. The van der Waals surface area contributed by atoms with Gasteiger partial charge in [-0.1, -0.05) is 29.8 Å². The van der Waals surface area contributed by atoms with Crippen LogP contribution in [-0.2, 0) is 0 Å². The van der Waals surface area contributed by atoms with E-state index >= 15 is 0 Å². The normalized spacial score (nSPS) is 31.2. The third kappa shape index (κ3) is 3.51. The molecule has 0 aromatic heterocycles. The molecule has 3 heteroatoms. The molecule has 106 valence electrons. The Kier molecular flexibility index (Phi) is 4.57. The van der Waals surface area contributed by atoms with E-state index < -0.39 is 0 Å². The number of halogens is 1. The number of nitrogens with one attached hydrogen (secondary N) is 1. The quantitative estimate of drug-likeness (QED) is 0.868. The third-order valence-electron chi connectivity index (χ3n) is 4.60. The van der Waals surface area contributed by atoms with Crippen LogP contribution >= 0.6 is 15.9 Å². The van der Waals surface area contributed by atoms with E-state index in [1.165, 1.54) is 24.1 Å². The molecule has 3 N–H and O–H groups in total. The summed E-state index contributed by atoms with van der Waals surface area (Å²) in [6, 6.07) is 6.48. The topological polar surface area (TPSA) is 38.0 Å². The standard InChI is InChI=1S/C16H25BrN2/c1-11-6-14(17)8-15(7-11)19-16(10-18)5-4-12(2)13(3)9-16/h6-8,12-13,19H,4-5,9-10,18H2,1-3H3. The predicted molar refractivity (Wildman–Crippen MR) is 86.5 cm³/mol. The molecule has 0 amide bonds. The zero-order chi connectivity index (χ0) is 14.0. The first-order chi connectivity index (χ1) is 8.94. The van der Waals surface area contributed by atoms with Crippen molar-refractivity contribution in [2.45, 2.75) is 45.6 Å². The Morgan fingerprint density at radius 1 is 1.32 bits per heavy atom. The lowest BCUT2D eigenvalue weighted by Crippen LogP contribution is -2.50.